The fraction of sp³-hybridized carbons (Fsp3) is 0.417. The number of fused-ring (bicyclic) bond motifs is 2. The van der Waals surface area contributed by atoms with Crippen molar-refractivity contribution in [2.75, 3.05) is 23.7 Å². The smallest absolute Gasteiger partial charge is 0.230 e. The van der Waals surface area contributed by atoms with Gasteiger partial charge in [0.2, 0.25) is 5.91 Å². The highest BCUT2D eigenvalue weighted by atomic mass is 16.2. The molecule has 1 aromatic rings. The van der Waals surface area contributed by atoms with Gasteiger partial charge < -0.3 is 16.0 Å². The molecule has 1 fully saturated rings. The zero-order chi connectivity index (χ0) is 11.1. The van der Waals surface area contributed by atoms with Crippen LogP contribution < -0.4 is 16.0 Å². The van der Waals surface area contributed by atoms with E-state index in [-0.39, 0.29) is 17.9 Å². The van der Waals surface area contributed by atoms with E-state index in [9.17, 15) is 4.79 Å². The Morgan fingerprint density at radius 2 is 2.12 bits per heavy atom. The summed E-state index contributed by atoms with van der Waals surface area (Å²) in [4.78, 5) is 12.0. The average molecular weight is 217 g/mol. The van der Waals surface area contributed by atoms with Gasteiger partial charge in [0.1, 0.15) is 0 Å². The van der Waals surface area contributed by atoms with Crippen LogP contribution >= 0.6 is 0 Å². The van der Waals surface area contributed by atoms with Gasteiger partial charge in [-0.25, -0.2) is 0 Å². The normalized spacial score (nSPS) is 27.4. The second kappa shape index (κ2) is 3.49. The van der Waals surface area contributed by atoms with E-state index in [2.05, 4.69) is 28.9 Å². The Kier molecular flexibility index (Phi) is 2.11. The van der Waals surface area contributed by atoms with E-state index < -0.39 is 0 Å². The molecule has 1 amide bonds. The third kappa shape index (κ3) is 1.46. The van der Waals surface area contributed by atoms with Crippen molar-refractivity contribution in [3.63, 3.8) is 0 Å². The minimum Gasteiger partial charge on any atom is -0.378 e. The Morgan fingerprint density at radius 1 is 1.25 bits per heavy atom. The largest absolute Gasteiger partial charge is 0.378 e. The van der Waals surface area contributed by atoms with Gasteiger partial charge in [0.15, 0.2) is 0 Å². The molecule has 0 aromatic heterocycles. The first-order chi connectivity index (χ1) is 7.74. The summed E-state index contributed by atoms with van der Waals surface area (Å²) in [6.07, 6.45) is 0. The second-order valence-corrected chi connectivity index (χ2v) is 4.55. The van der Waals surface area contributed by atoms with Gasteiger partial charge in [-0.1, -0.05) is 6.07 Å². The van der Waals surface area contributed by atoms with Crippen LogP contribution in [0.2, 0.25) is 0 Å². The molecule has 2 aliphatic heterocycles. The molecule has 0 bridgehead atoms. The van der Waals surface area contributed by atoms with Gasteiger partial charge in [0.05, 0.1) is 23.3 Å². The minimum absolute atomic E-state index is 0.0349. The molecule has 4 heteroatoms. The number of rotatable bonds is 0. The van der Waals surface area contributed by atoms with Crippen molar-refractivity contribution in [2.24, 2.45) is 5.92 Å². The first kappa shape index (κ1) is 9.66. The van der Waals surface area contributed by atoms with Gasteiger partial charge in [-0.05, 0) is 24.6 Å². The van der Waals surface area contributed by atoms with Gasteiger partial charge in [0.25, 0.3) is 0 Å². The number of hydrogen-bond donors (Lipinski definition) is 3. The van der Waals surface area contributed by atoms with Crippen molar-refractivity contribution < 1.29 is 4.79 Å². The third-order valence-electron chi connectivity index (χ3n) is 3.32. The first-order valence-electron chi connectivity index (χ1n) is 5.63. The summed E-state index contributed by atoms with van der Waals surface area (Å²) in [6, 6.07) is 6.27. The summed E-state index contributed by atoms with van der Waals surface area (Å²) in [5, 5.41) is 9.67. The number of anilines is 2. The molecule has 2 unspecified atom stereocenters. The molecule has 0 spiro atoms. The zero-order valence-corrected chi connectivity index (χ0v) is 9.21. The Labute approximate surface area is 94.4 Å². The van der Waals surface area contributed by atoms with Crippen molar-refractivity contribution in [3.8, 4) is 0 Å². The van der Waals surface area contributed by atoms with Crippen LogP contribution in [0.3, 0.4) is 0 Å². The Balaban J connectivity index is 2.01. The number of amides is 1. The van der Waals surface area contributed by atoms with Crippen molar-refractivity contribution >= 4 is 17.3 Å². The maximum atomic E-state index is 12.0. The van der Waals surface area contributed by atoms with E-state index >= 15 is 0 Å². The SMILES string of the molecule is Cc1ccc2c(c1)NC1CNCC1C(=O)N2. The van der Waals surface area contributed by atoms with Crippen LogP contribution in [0.5, 0.6) is 0 Å². The summed E-state index contributed by atoms with van der Waals surface area (Å²) in [7, 11) is 0. The molecule has 3 N–H and O–H groups in total. The van der Waals surface area contributed by atoms with Crippen molar-refractivity contribution in [1.29, 1.82) is 0 Å². The summed E-state index contributed by atoms with van der Waals surface area (Å²) in [6.45, 7) is 3.67. The van der Waals surface area contributed by atoms with E-state index in [0.717, 1.165) is 24.5 Å². The van der Waals surface area contributed by atoms with Crippen LogP contribution in [-0.4, -0.2) is 25.0 Å². The summed E-state index contributed by atoms with van der Waals surface area (Å²) in [5.41, 5.74) is 3.12. The zero-order valence-electron chi connectivity index (χ0n) is 9.21. The number of carbonyl (C=O) groups excluding carboxylic acids is 1. The van der Waals surface area contributed by atoms with E-state index in [0.29, 0.717) is 0 Å². The van der Waals surface area contributed by atoms with Crippen molar-refractivity contribution in [1.82, 2.24) is 5.32 Å². The molecule has 0 saturated carbocycles. The van der Waals surface area contributed by atoms with Crippen LogP contribution in [0.1, 0.15) is 5.56 Å². The topological polar surface area (TPSA) is 53.2 Å². The van der Waals surface area contributed by atoms with Crippen molar-refractivity contribution in [2.45, 2.75) is 13.0 Å². The average Bonchev–Trinajstić information content (AvgIpc) is 2.65. The van der Waals surface area contributed by atoms with Crippen molar-refractivity contribution in [3.05, 3.63) is 23.8 Å². The molecule has 0 aliphatic carbocycles. The predicted molar refractivity (Wildman–Crippen MR) is 63.6 cm³/mol. The second-order valence-electron chi connectivity index (χ2n) is 4.55. The molecule has 1 aromatic carbocycles. The lowest BCUT2D eigenvalue weighted by Gasteiger charge is -2.15. The highest BCUT2D eigenvalue weighted by Crippen LogP contribution is 2.29. The molecular weight excluding hydrogens is 202 g/mol. The van der Waals surface area contributed by atoms with Gasteiger partial charge in [-0.15, -0.1) is 0 Å². The third-order valence-corrected chi connectivity index (χ3v) is 3.32. The van der Waals surface area contributed by atoms with E-state index in [1.165, 1.54) is 5.56 Å². The fourth-order valence-corrected chi connectivity index (χ4v) is 2.42. The highest BCUT2D eigenvalue weighted by molar-refractivity contribution is 5.98. The lowest BCUT2D eigenvalue weighted by Crippen LogP contribution is -2.33. The van der Waals surface area contributed by atoms with Gasteiger partial charge >= 0.3 is 0 Å². The van der Waals surface area contributed by atoms with Crippen LogP contribution in [-0.2, 0) is 4.79 Å². The molecule has 0 radical (unpaired) electrons. The van der Waals surface area contributed by atoms with Crippen LogP contribution in [0, 0.1) is 12.8 Å². The van der Waals surface area contributed by atoms with E-state index in [1.807, 2.05) is 12.1 Å². The molecule has 2 atom stereocenters. The predicted octanol–water partition coefficient (Wildman–Crippen LogP) is 0.947. The minimum atomic E-state index is 0.0349. The molecule has 84 valence electrons. The van der Waals surface area contributed by atoms with E-state index in [4.69, 9.17) is 0 Å². The summed E-state index contributed by atoms with van der Waals surface area (Å²) < 4.78 is 0. The molecule has 3 rings (SSSR count). The lowest BCUT2D eigenvalue weighted by molar-refractivity contribution is -0.119. The van der Waals surface area contributed by atoms with Gasteiger partial charge in [-0.3, -0.25) is 4.79 Å². The number of hydrogen-bond acceptors (Lipinski definition) is 3. The summed E-state index contributed by atoms with van der Waals surface area (Å²) in [5.74, 6) is 0.151. The van der Waals surface area contributed by atoms with Crippen LogP contribution in [0.4, 0.5) is 11.4 Å². The monoisotopic (exact) mass is 217 g/mol. The molecule has 4 nitrogen and oxygen atoms in total. The maximum absolute atomic E-state index is 12.0. The molecule has 2 aliphatic rings. The molecule has 2 heterocycles. The fourth-order valence-electron chi connectivity index (χ4n) is 2.42. The number of benzene rings is 1. The Hall–Kier alpha value is -1.55. The quantitative estimate of drug-likeness (QED) is 0.606. The molecular formula is C12H15N3O. The Morgan fingerprint density at radius 3 is 3.00 bits per heavy atom. The standard InChI is InChI=1S/C12H15N3O/c1-7-2-3-9-10(4-7)14-11-6-13-5-8(11)12(16)15-9/h2-4,8,11,13-14H,5-6H2,1H3,(H,15,16). The highest BCUT2D eigenvalue weighted by Gasteiger charge is 2.35. The Bertz CT molecular complexity index is 444. The summed E-state index contributed by atoms with van der Waals surface area (Å²) >= 11 is 0. The number of aryl methyl sites for hydroxylation is 1. The van der Waals surface area contributed by atoms with Gasteiger partial charge in [-0.2, -0.15) is 0 Å². The first-order valence-corrected chi connectivity index (χ1v) is 5.63. The van der Waals surface area contributed by atoms with Crippen LogP contribution in [0.15, 0.2) is 18.2 Å². The maximum Gasteiger partial charge on any atom is 0.230 e. The van der Waals surface area contributed by atoms with E-state index in [1.54, 1.807) is 0 Å². The molecule has 16 heavy (non-hydrogen) atoms. The molecule has 1 saturated heterocycles. The number of carbonyl (C=O) groups is 1. The van der Waals surface area contributed by atoms with Gasteiger partial charge in [0, 0.05) is 13.1 Å². The number of nitrogens with one attached hydrogen (secondary N) is 3. The lowest BCUT2D eigenvalue weighted by atomic mass is 10.0. The van der Waals surface area contributed by atoms with Crippen LogP contribution in [0.25, 0.3) is 0 Å².